The SMILES string of the molecule is CO[C@H]1C(=O)N2C1SC=C(COC(C)=O)C2(C(C)(C)C)[C@]1(C(=O)O)CCCN1C(N)=O. The summed E-state index contributed by atoms with van der Waals surface area (Å²) in [7, 11) is 1.43. The molecule has 172 valence electrons. The molecule has 4 atom stereocenters. The number of thioether (sulfide) groups is 1. The quantitative estimate of drug-likeness (QED) is 0.465. The first-order chi connectivity index (χ1) is 14.4. The van der Waals surface area contributed by atoms with Gasteiger partial charge in [0.15, 0.2) is 11.6 Å². The Balaban J connectivity index is 2.36. The van der Waals surface area contributed by atoms with Gasteiger partial charge in [-0.15, -0.1) is 11.8 Å². The number of amides is 3. The number of carboxylic acids is 1. The van der Waals surface area contributed by atoms with Crippen LogP contribution in [0.25, 0.3) is 0 Å². The van der Waals surface area contributed by atoms with Crippen LogP contribution >= 0.6 is 11.8 Å². The zero-order valence-corrected chi connectivity index (χ0v) is 19.2. The normalized spacial score (nSPS) is 32.8. The standard InChI is InChI=1S/C20H29N3O7S/c1-11(24)30-9-12-10-31-15-13(29-5)14(25)23(15)20(12,18(2,3)4)19(16(26)27)7-6-8-22(19)17(21)28/h10,13,15H,6-9H2,1-5H3,(H2,21,28)(H,26,27)/t13-,15?,19+,20?/m0/s1. The topological polar surface area (TPSA) is 139 Å². The van der Waals surface area contributed by atoms with Gasteiger partial charge in [0, 0.05) is 26.2 Å². The molecule has 0 spiro atoms. The number of nitrogens with zero attached hydrogens (tertiary/aromatic N) is 2. The van der Waals surface area contributed by atoms with E-state index in [0.717, 1.165) is 4.90 Å². The molecule has 0 aromatic carbocycles. The van der Waals surface area contributed by atoms with Crippen molar-refractivity contribution in [3.05, 3.63) is 11.0 Å². The van der Waals surface area contributed by atoms with Gasteiger partial charge in [-0.2, -0.15) is 0 Å². The number of rotatable bonds is 5. The number of hydrogen-bond donors (Lipinski definition) is 2. The molecule has 3 N–H and O–H groups in total. The van der Waals surface area contributed by atoms with E-state index in [1.54, 1.807) is 5.41 Å². The number of aliphatic carboxylic acids is 1. The maximum atomic E-state index is 13.3. The summed E-state index contributed by atoms with van der Waals surface area (Å²) in [6, 6.07) is -0.874. The van der Waals surface area contributed by atoms with Crippen LogP contribution < -0.4 is 5.73 Å². The first-order valence-electron chi connectivity index (χ1n) is 10.0. The molecule has 2 saturated heterocycles. The number of fused-ring (bicyclic) bond motifs is 1. The van der Waals surface area contributed by atoms with E-state index >= 15 is 0 Å². The third kappa shape index (κ3) is 2.96. The van der Waals surface area contributed by atoms with Gasteiger partial charge in [0.05, 0.1) is 0 Å². The van der Waals surface area contributed by atoms with Crippen molar-refractivity contribution in [3.8, 4) is 0 Å². The summed E-state index contributed by atoms with van der Waals surface area (Å²) in [5.41, 5.74) is 1.86. The summed E-state index contributed by atoms with van der Waals surface area (Å²) in [6.07, 6.45) is -0.243. The first-order valence-corrected chi connectivity index (χ1v) is 11.0. The molecule has 3 aliphatic rings. The first kappa shape index (κ1) is 23.4. The van der Waals surface area contributed by atoms with Gasteiger partial charge in [0.1, 0.15) is 17.5 Å². The summed E-state index contributed by atoms with van der Waals surface area (Å²) < 4.78 is 10.6. The largest absolute Gasteiger partial charge is 0.479 e. The molecule has 0 aromatic rings. The summed E-state index contributed by atoms with van der Waals surface area (Å²) in [4.78, 5) is 53.1. The Labute approximate surface area is 185 Å². The highest BCUT2D eigenvalue weighted by atomic mass is 32.2. The van der Waals surface area contributed by atoms with Crippen LogP contribution in [0.1, 0.15) is 40.5 Å². The fraction of sp³-hybridized carbons (Fsp3) is 0.700. The van der Waals surface area contributed by atoms with E-state index in [0.29, 0.717) is 12.0 Å². The third-order valence-corrected chi connectivity index (χ3v) is 7.70. The highest BCUT2D eigenvalue weighted by Gasteiger charge is 2.77. The summed E-state index contributed by atoms with van der Waals surface area (Å²) in [6.45, 7) is 6.64. The van der Waals surface area contributed by atoms with Crippen LogP contribution in [0.2, 0.25) is 0 Å². The Morgan fingerprint density at radius 1 is 1.35 bits per heavy atom. The minimum Gasteiger partial charge on any atom is -0.479 e. The van der Waals surface area contributed by atoms with Crippen molar-refractivity contribution in [3.63, 3.8) is 0 Å². The molecule has 0 bridgehead atoms. The van der Waals surface area contributed by atoms with Crippen LogP contribution in [-0.4, -0.2) is 81.6 Å². The number of methoxy groups -OCH3 is 1. The molecule has 0 radical (unpaired) electrons. The van der Waals surface area contributed by atoms with Crippen molar-refractivity contribution in [1.82, 2.24) is 9.80 Å². The number of hydrogen-bond acceptors (Lipinski definition) is 7. The van der Waals surface area contributed by atoms with Gasteiger partial charge < -0.3 is 30.1 Å². The van der Waals surface area contributed by atoms with E-state index in [4.69, 9.17) is 15.2 Å². The highest BCUT2D eigenvalue weighted by molar-refractivity contribution is 8.02. The lowest BCUT2D eigenvalue weighted by Gasteiger charge is -2.68. The smallest absolute Gasteiger partial charge is 0.332 e. The van der Waals surface area contributed by atoms with Crippen molar-refractivity contribution in [2.75, 3.05) is 20.3 Å². The van der Waals surface area contributed by atoms with E-state index in [1.165, 1.54) is 30.7 Å². The molecule has 3 heterocycles. The van der Waals surface area contributed by atoms with Crippen molar-refractivity contribution in [2.45, 2.75) is 63.1 Å². The number of esters is 1. The molecule has 2 unspecified atom stereocenters. The van der Waals surface area contributed by atoms with Gasteiger partial charge in [0.2, 0.25) is 0 Å². The Morgan fingerprint density at radius 2 is 2.00 bits per heavy atom. The average molecular weight is 456 g/mol. The predicted octanol–water partition coefficient (Wildman–Crippen LogP) is 1.15. The number of nitrogens with two attached hydrogens (primary N) is 1. The van der Waals surface area contributed by atoms with E-state index in [9.17, 15) is 24.3 Å². The number of urea groups is 1. The Morgan fingerprint density at radius 3 is 2.48 bits per heavy atom. The molecule has 10 nitrogen and oxygen atoms in total. The molecular formula is C20H29N3O7S. The van der Waals surface area contributed by atoms with Gasteiger partial charge in [0.25, 0.3) is 5.91 Å². The summed E-state index contributed by atoms with van der Waals surface area (Å²) >= 11 is 1.31. The molecule has 3 rings (SSSR count). The van der Waals surface area contributed by atoms with E-state index in [2.05, 4.69) is 0 Å². The third-order valence-electron chi connectivity index (χ3n) is 6.54. The number of primary amides is 1. The van der Waals surface area contributed by atoms with Gasteiger partial charge >= 0.3 is 18.0 Å². The van der Waals surface area contributed by atoms with Crippen LogP contribution in [0.15, 0.2) is 11.0 Å². The molecule has 0 aromatic heterocycles. The fourth-order valence-corrected chi connectivity index (χ4v) is 6.95. The number of carbonyl (C=O) groups excluding carboxylic acids is 3. The van der Waals surface area contributed by atoms with Crippen molar-refractivity contribution in [1.29, 1.82) is 0 Å². The van der Waals surface area contributed by atoms with Gasteiger partial charge in [-0.25, -0.2) is 9.59 Å². The van der Waals surface area contributed by atoms with Crippen LogP contribution in [-0.2, 0) is 23.9 Å². The minimum absolute atomic E-state index is 0.0960. The molecule has 3 amide bonds. The lowest BCUT2D eigenvalue weighted by molar-refractivity contribution is -0.200. The second-order valence-electron chi connectivity index (χ2n) is 9.03. The van der Waals surface area contributed by atoms with E-state index < -0.39 is 45.9 Å². The predicted molar refractivity (Wildman–Crippen MR) is 112 cm³/mol. The molecule has 0 aliphatic carbocycles. The molecular weight excluding hydrogens is 426 g/mol. The molecule has 3 aliphatic heterocycles. The summed E-state index contributed by atoms with van der Waals surface area (Å²) in [5, 5.41) is 11.9. The zero-order valence-electron chi connectivity index (χ0n) is 18.3. The Hall–Kier alpha value is -2.27. The average Bonchev–Trinajstić information content (AvgIpc) is 3.11. The number of carbonyl (C=O) groups is 4. The van der Waals surface area contributed by atoms with E-state index in [1.807, 2.05) is 20.8 Å². The van der Waals surface area contributed by atoms with Gasteiger partial charge in [-0.3, -0.25) is 9.59 Å². The Kier molecular flexibility index (Phi) is 5.81. The summed E-state index contributed by atoms with van der Waals surface area (Å²) in [5.74, 6) is -2.17. The van der Waals surface area contributed by atoms with Crippen LogP contribution in [0.4, 0.5) is 4.79 Å². The van der Waals surface area contributed by atoms with Crippen molar-refractivity contribution < 1.29 is 33.8 Å². The molecule has 2 fully saturated rings. The Bertz CT molecular complexity index is 854. The second kappa shape index (κ2) is 7.70. The van der Waals surface area contributed by atoms with Crippen molar-refractivity contribution >= 4 is 35.6 Å². The zero-order chi connectivity index (χ0) is 23.4. The second-order valence-corrected chi connectivity index (χ2v) is 10.0. The van der Waals surface area contributed by atoms with Gasteiger partial charge in [-0.1, -0.05) is 20.8 Å². The number of carboxylic acid groups (broad SMARTS) is 1. The van der Waals surface area contributed by atoms with Crippen LogP contribution in [0.3, 0.4) is 0 Å². The number of likely N-dealkylation sites (tertiary alicyclic amines) is 1. The molecule has 0 saturated carbocycles. The monoisotopic (exact) mass is 455 g/mol. The van der Waals surface area contributed by atoms with Crippen LogP contribution in [0.5, 0.6) is 0 Å². The van der Waals surface area contributed by atoms with Crippen LogP contribution in [0, 0.1) is 5.41 Å². The maximum absolute atomic E-state index is 13.3. The van der Waals surface area contributed by atoms with Crippen molar-refractivity contribution in [2.24, 2.45) is 11.1 Å². The lowest BCUT2D eigenvalue weighted by atomic mass is 9.55. The fourth-order valence-electron chi connectivity index (χ4n) is 5.65. The number of β-lactam (4-membered cyclic amide) rings is 1. The molecule has 11 heteroatoms. The maximum Gasteiger partial charge on any atom is 0.332 e. The van der Waals surface area contributed by atoms with Gasteiger partial charge in [-0.05, 0) is 23.7 Å². The molecule has 31 heavy (non-hydrogen) atoms. The lowest BCUT2D eigenvalue weighted by Crippen LogP contribution is -2.86. The minimum atomic E-state index is -1.84. The number of ether oxygens (including phenoxy) is 2. The highest BCUT2D eigenvalue weighted by Crippen LogP contribution is 2.61. The van der Waals surface area contributed by atoms with E-state index in [-0.39, 0.29) is 25.5 Å².